The zero-order valence-corrected chi connectivity index (χ0v) is 12.3. The van der Waals surface area contributed by atoms with E-state index >= 15 is 0 Å². The Labute approximate surface area is 117 Å². The molecule has 0 atom stereocenters. The van der Waals surface area contributed by atoms with E-state index in [1.807, 2.05) is 0 Å². The first-order chi connectivity index (χ1) is 9.25. The van der Waals surface area contributed by atoms with Crippen molar-refractivity contribution in [2.45, 2.75) is 58.0 Å². The van der Waals surface area contributed by atoms with Gasteiger partial charge in [-0.25, -0.2) is 0 Å². The van der Waals surface area contributed by atoms with Gasteiger partial charge in [-0.3, -0.25) is 4.99 Å². The van der Waals surface area contributed by atoms with Gasteiger partial charge in [-0.1, -0.05) is 19.8 Å². The maximum absolute atomic E-state index is 6.03. The molecule has 1 aliphatic carbocycles. The molecule has 1 aliphatic heterocycles. The lowest BCUT2D eigenvalue weighted by atomic mass is 10.00. The Kier molecular flexibility index (Phi) is 5.95. The molecule has 1 saturated carbocycles. The Balaban J connectivity index is 1.56. The highest BCUT2D eigenvalue weighted by Gasteiger charge is 2.17. The Morgan fingerprint density at radius 2 is 1.89 bits per heavy atom. The smallest absolute Gasteiger partial charge is 0.191 e. The van der Waals surface area contributed by atoms with Gasteiger partial charge in [0.25, 0.3) is 0 Å². The van der Waals surface area contributed by atoms with Gasteiger partial charge in [0.1, 0.15) is 0 Å². The van der Waals surface area contributed by atoms with Crippen LogP contribution in [0.4, 0.5) is 0 Å². The molecule has 110 valence electrons. The van der Waals surface area contributed by atoms with E-state index in [4.69, 9.17) is 10.5 Å². The normalized spacial score (nSPS) is 23.2. The minimum absolute atomic E-state index is 0.518. The lowest BCUT2D eigenvalue weighted by Gasteiger charge is -2.31. The second kappa shape index (κ2) is 7.73. The van der Waals surface area contributed by atoms with Crippen LogP contribution in [-0.4, -0.2) is 43.2 Å². The molecule has 2 aliphatic rings. The lowest BCUT2D eigenvalue weighted by molar-refractivity contribution is 0.0579. The van der Waals surface area contributed by atoms with E-state index in [1.54, 1.807) is 0 Å². The third-order valence-corrected chi connectivity index (χ3v) is 4.34. The summed E-state index contributed by atoms with van der Waals surface area (Å²) in [5, 5.41) is 0. The van der Waals surface area contributed by atoms with Crippen LogP contribution in [0.5, 0.6) is 0 Å². The second-order valence-electron chi connectivity index (χ2n) is 6.04. The summed E-state index contributed by atoms with van der Waals surface area (Å²) in [4.78, 5) is 6.70. The minimum Gasteiger partial charge on any atom is -0.378 e. The lowest BCUT2D eigenvalue weighted by Crippen LogP contribution is -2.42. The maximum atomic E-state index is 6.03. The number of nitrogens with two attached hydrogens (primary N) is 1. The summed E-state index contributed by atoms with van der Waals surface area (Å²) in [6.45, 7) is 6.07. The van der Waals surface area contributed by atoms with Crippen molar-refractivity contribution in [3.8, 4) is 0 Å². The standard InChI is InChI=1S/C15H29N3O/c1-13-7-10-18(11-8-13)15(16)17-9-4-12-19-14-5-2-3-6-14/h13-14H,2-12H2,1H3,(H2,16,17). The molecule has 0 unspecified atom stereocenters. The van der Waals surface area contributed by atoms with E-state index in [0.29, 0.717) is 6.10 Å². The van der Waals surface area contributed by atoms with Gasteiger partial charge in [-0.05, 0) is 38.0 Å². The van der Waals surface area contributed by atoms with Crippen molar-refractivity contribution >= 4 is 5.96 Å². The molecule has 0 aromatic rings. The Morgan fingerprint density at radius 1 is 1.21 bits per heavy atom. The van der Waals surface area contributed by atoms with Crippen LogP contribution in [0.1, 0.15) is 51.9 Å². The molecule has 2 rings (SSSR count). The summed E-state index contributed by atoms with van der Waals surface area (Å²) in [6, 6.07) is 0. The molecular formula is C15H29N3O. The van der Waals surface area contributed by atoms with Crippen LogP contribution in [0.3, 0.4) is 0 Å². The number of rotatable bonds is 5. The third-order valence-electron chi connectivity index (χ3n) is 4.34. The number of guanidine groups is 1. The Hall–Kier alpha value is -0.770. The average Bonchev–Trinajstić information content (AvgIpc) is 2.92. The third kappa shape index (κ3) is 5.01. The monoisotopic (exact) mass is 267 g/mol. The number of hydrogen-bond acceptors (Lipinski definition) is 2. The molecule has 2 N–H and O–H groups in total. The molecule has 0 aromatic carbocycles. The summed E-state index contributed by atoms with van der Waals surface area (Å²) >= 11 is 0. The zero-order valence-electron chi connectivity index (χ0n) is 12.3. The number of aliphatic imine (C=N–C) groups is 1. The molecule has 0 aromatic heterocycles. The quantitative estimate of drug-likeness (QED) is 0.473. The van der Waals surface area contributed by atoms with Crippen molar-refractivity contribution in [3.63, 3.8) is 0 Å². The number of ether oxygens (including phenoxy) is 1. The molecule has 0 spiro atoms. The van der Waals surface area contributed by atoms with E-state index < -0.39 is 0 Å². The first kappa shape index (κ1) is 14.6. The fourth-order valence-electron chi connectivity index (χ4n) is 2.90. The topological polar surface area (TPSA) is 50.8 Å². The van der Waals surface area contributed by atoms with Crippen LogP contribution in [0, 0.1) is 5.92 Å². The van der Waals surface area contributed by atoms with E-state index in [2.05, 4.69) is 16.8 Å². The van der Waals surface area contributed by atoms with Gasteiger partial charge < -0.3 is 15.4 Å². The van der Waals surface area contributed by atoms with Crippen molar-refractivity contribution in [1.29, 1.82) is 0 Å². The van der Waals surface area contributed by atoms with Crippen LogP contribution in [0.15, 0.2) is 4.99 Å². The van der Waals surface area contributed by atoms with Crippen molar-refractivity contribution in [3.05, 3.63) is 0 Å². The second-order valence-corrected chi connectivity index (χ2v) is 6.04. The minimum atomic E-state index is 0.518. The zero-order chi connectivity index (χ0) is 13.5. The van der Waals surface area contributed by atoms with Crippen molar-refractivity contribution in [2.24, 2.45) is 16.6 Å². The molecule has 4 heteroatoms. The Morgan fingerprint density at radius 3 is 2.58 bits per heavy atom. The summed E-state index contributed by atoms with van der Waals surface area (Å²) < 4.78 is 5.82. The van der Waals surface area contributed by atoms with Gasteiger partial charge in [0.15, 0.2) is 5.96 Å². The molecule has 1 saturated heterocycles. The number of hydrogen-bond donors (Lipinski definition) is 1. The van der Waals surface area contributed by atoms with Gasteiger partial charge in [-0.2, -0.15) is 0 Å². The number of nitrogens with zero attached hydrogens (tertiary/aromatic N) is 2. The highest BCUT2D eigenvalue weighted by molar-refractivity contribution is 5.78. The molecule has 19 heavy (non-hydrogen) atoms. The van der Waals surface area contributed by atoms with Crippen LogP contribution in [0.2, 0.25) is 0 Å². The molecule has 0 amide bonds. The molecular weight excluding hydrogens is 238 g/mol. The number of piperidine rings is 1. The predicted molar refractivity (Wildman–Crippen MR) is 79.3 cm³/mol. The molecule has 1 heterocycles. The van der Waals surface area contributed by atoms with Crippen molar-refractivity contribution in [2.75, 3.05) is 26.2 Å². The highest BCUT2D eigenvalue weighted by atomic mass is 16.5. The molecule has 4 nitrogen and oxygen atoms in total. The first-order valence-electron chi connectivity index (χ1n) is 7.92. The van der Waals surface area contributed by atoms with E-state index in [1.165, 1.54) is 38.5 Å². The average molecular weight is 267 g/mol. The Bertz CT molecular complexity index is 279. The summed E-state index contributed by atoms with van der Waals surface area (Å²) in [5.41, 5.74) is 6.03. The fraction of sp³-hybridized carbons (Fsp3) is 0.933. The molecule has 2 fully saturated rings. The van der Waals surface area contributed by atoms with Gasteiger partial charge in [-0.15, -0.1) is 0 Å². The maximum Gasteiger partial charge on any atom is 0.191 e. The predicted octanol–water partition coefficient (Wildman–Crippen LogP) is 2.38. The van der Waals surface area contributed by atoms with Crippen molar-refractivity contribution < 1.29 is 4.74 Å². The molecule has 0 bridgehead atoms. The van der Waals surface area contributed by atoms with E-state index in [9.17, 15) is 0 Å². The molecule has 0 radical (unpaired) electrons. The highest BCUT2D eigenvalue weighted by Crippen LogP contribution is 2.20. The van der Waals surface area contributed by atoms with Gasteiger partial charge in [0.2, 0.25) is 0 Å². The summed E-state index contributed by atoms with van der Waals surface area (Å²) in [6.07, 6.45) is 9.15. The van der Waals surface area contributed by atoms with Crippen LogP contribution < -0.4 is 5.73 Å². The van der Waals surface area contributed by atoms with Crippen LogP contribution >= 0.6 is 0 Å². The van der Waals surface area contributed by atoms with Crippen LogP contribution in [-0.2, 0) is 4.74 Å². The SMILES string of the molecule is CC1CCN(C(N)=NCCCOC2CCCC2)CC1. The van der Waals surface area contributed by atoms with E-state index in [-0.39, 0.29) is 0 Å². The fourth-order valence-corrected chi connectivity index (χ4v) is 2.90. The van der Waals surface area contributed by atoms with E-state index in [0.717, 1.165) is 44.5 Å². The van der Waals surface area contributed by atoms with Gasteiger partial charge in [0, 0.05) is 26.2 Å². The number of likely N-dealkylation sites (tertiary alicyclic amines) is 1. The van der Waals surface area contributed by atoms with Gasteiger partial charge >= 0.3 is 0 Å². The van der Waals surface area contributed by atoms with Crippen molar-refractivity contribution in [1.82, 2.24) is 4.90 Å². The summed E-state index contributed by atoms with van der Waals surface area (Å²) in [7, 11) is 0. The van der Waals surface area contributed by atoms with Gasteiger partial charge in [0.05, 0.1) is 6.10 Å². The largest absolute Gasteiger partial charge is 0.378 e. The van der Waals surface area contributed by atoms with Crippen LogP contribution in [0.25, 0.3) is 0 Å². The summed E-state index contributed by atoms with van der Waals surface area (Å²) in [5.74, 6) is 1.57. The first-order valence-corrected chi connectivity index (χ1v) is 7.92.